The molecular formula is C15H19N3O2. The van der Waals surface area contributed by atoms with Crippen molar-refractivity contribution in [2.75, 3.05) is 5.32 Å². The highest BCUT2D eigenvalue weighted by molar-refractivity contribution is 5.53. The number of hydrogen-bond donors (Lipinski definition) is 1. The van der Waals surface area contributed by atoms with Crippen LogP contribution in [0.2, 0.25) is 0 Å². The van der Waals surface area contributed by atoms with E-state index >= 15 is 0 Å². The van der Waals surface area contributed by atoms with Crippen molar-refractivity contribution in [3.63, 3.8) is 0 Å². The number of nitro benzene ring substituents is 1. The molecule has 2 rings (SSSR count). The van der Waals surface area contributed by atoms with E-state index in [1.807, 2.05) is 0 Å². The Labute approximate surface area is 118 Å². The SMILES string of the molecule is CCCn1ccc(CNc2ccc([N+](=O)[O-])c(C)c2)c1. The summed E-state index contributed by atoms with van der Waals surface area (Å²) in [7, 11) is 0. The van der Waals surface area contributed by atoms with E-state index in [9.17, 15) is 10.1 Å². The van der Waals surface area contributed by atoms with Crippen LogP contribution in [0.5, 0.6) is 0 Å². The molecule has 0 spiro atoms. The summed E-state index contributed by atoms with van der Waals surface area (Å²) in [6.07, 6.45) is 5.31. The third-order valence-electron chi connectivity index (χ3n) is 3.18. The van der Waals surface area contributed by atoms with Gasteiger partial charge in [0.2, 0.25) is 0 Å². The van der Waals surface area contributed by atoms with Gasteiger partial charge in [-0.25, -0.2) is 0 Å². The average molecular weight is 273 g/mol. The van der Waals surface area contributed by atoms with Gasteiger partial charge in [0.15, 0.2) is 0 Å². The lowest BCUT2D eigenvalue weighted by Gasteiger charge is -2.06. The number of benzene rings is 1. The highest BCUT2D eigenvalue weighted by Crippen LogP contribution is 2.21. The number of hydrogen-bond acceptors (Lipinski definition) is 3. The minimum Gasteiger partial charge on any atom is -0.381 e. The summed E-state index contributed by atoms with van der Waals surface area (Å²) in [5, 5.41) is 14.0. The van der Waals surface area contributed by atoms with Crippen molar-refractivity contribution in [2.24, 2.45) is 0 Å². The summed E-state index contributed by atoms with van der Waals surface area (Å²) < 4.78 is 2.16. The topological polar surface area (TPSA) is 60.1 Å². The van der Waals surface area contributed by atoms with Crippen molar-refractivity contribution in [3.05, 3.63) is 57.9 Å². The Morgan fingerprint density at radius 1 is 1.35 bits per heavy atom. The molecule has 0 saturated heterocycles. The van der Waals surface area contributed by atoms with Crippen LogP contribution in [-0.2, 0) is 13.1 Å². The molecule has 0 aliphatic heterocycles. The molecule has 0 atom stereocenters. The van der Waals surface area contributed by atoms with Gasteiger partial charge < -0.3 is 9.88 Å². The van der Waals surface area contributed by atoms with Crippen molar-refractivity contribution in [3.8, 4) is 0 Å². The van der Waals surface area contributed by atoms with E-state index in [-0.39, 0.29) is 10.6 Å². The first-order valence-electron chi connectivity index (χ1n) is 6.73. The normalized spacial score (nSPS) is 10.5. The molecule has 5 nitrogen and oxygen atoms in total. The van der Waals surface area contributed by atoms with E-state index in [1.165, 1.54) is 5.56 Å². The van der Waals surface area contributed by atoms with Crippen molar-refractivity contribution in [1.29, 1.82) is 0 Å². The van der Waals surface area contributed by atoms with Gasteiger partial charge in [-0.3, -0.25) is 10.1 Å². The summed E-state index contributed by atoms with van der Waals surface area (Å²) in [6, 6.07) is 7.18. The molecule has 1 aromatic carbocycles. The molecule has 2 aromatic rings. The second-order valence-corrected chi connectivity index (χ2v) is 4.87. The monoisotopic (exact) mass is 273 g/mol. The van der Waals surface area contributed by atoms with Crippen LogP contribution in [0.15, 0.2) is 36.7 Å². The predicted octanol–water partition coefficient (Wildman–Crippen LogP) is 3.73. The number of anilines is 1. The number of nitro groups is 1. The van der Waals surface area contributed by atoms with Gasteiger partial charge in [0.25, 0.3) is 5.69 Å². The fraction of sp³-hybridized carbons (Fsp3) is 0.333. The van der Waals surface area contributed by atoms with Crippen LogP contribution in [0.1, 0.15) is 24.5 Å². The van der Waals surface area contributed by atoms with Gasteiger partial charge in [-0.05, 0) is 37.1 Å². The van der Waals surface area contributed by atoms with Crippen LogP contribution in [-0.4, -0.2) is 9.49 Å². The average Bonchev–Trinajstić information content (AvgIpc) is 2.84. The molecule has 0 saturated carbocycles. The van der Waals surface area contributed by atoms with E-state index in [0.717, 1.165) is 18.7 Å². The van der Waals surface area contributed by atoms with Crippen LogP contribution in [0.3, 0.4) is 0 Å². The first kappa shape index (κ1) is 14.1. The van der Waals surface area contributed by atoms with Crippen LogP contribution >= 0.6 is 0 Å². The van der Waals surface area contributed by atoms with E-state index in [2.05, 4.69) is 35.3 Å². The van der Waals surface area contributed by atoms with Crippen molar-refractivity contribution in [2.45, 2.75) is 33.4 Å². The molecule has 0 unspecified atom stereocenters. The lowest BCUT2D eigenvalue weighted by Crippen LogP contribution is -2.00. The second-order valence-electron chi connectivity index (χ2n) is 4.87. The molecular weight excluding hydrogens is 254 g/mol. The van der Waals surface area contributed by atoms with E-state index < -0.39 is 0 Å². The summed E-state index contributed by atoms with van der Waals surface area (Å²) >= 11 is 0. The zero-order valence-corrected chi connectivity index (χ0v) is 11.8. The molecule has 0 aliphatic rings. The number of nitrogens with zero attached hydrogens (tertiary/aromatic N) is 2. The van der Waals surface area contributed by atoms with Crippen molar-refractivity contribution < 1.29 is 4.92 Å². The Morgan fingerprint density at radius 3 is 2.80 bits per heavy atom. The summed E-state index contributed by atoms with van der Waals surface area (Å²) in [5.74, 6) is 0. The quantitative estimate of drug-likeness (QED) is 0.644. The van der Waals surface area contributed by atoms with Crippen LogP contribution in [0.25, 0.3) is 0 Å². The van der Waals surface area contributed by atoms with E-state index in [4.69, 9.17) is 0 Å². The Balaban J connectivity index is 1.99. The third-order valence-corrected chi connectivity index (χ3v) is 3.18. The highest BCUT2D eigenvalue weighted by Gasteiger charge is 2.09. The lowest BCUT2D eigenvalue weighted by molar-refractivity contribution is -0.385. The Bertz CT molecular complexity index is 605. The van der Waals surface area contributed by atoms with Crippen LogP contribution < -0.4 is 5.32 Å². The first-order chi connectivity index (χ1) is 9.60. The molecule has 106 valence electrons. The van der Waals surface area contributed by atoms with E-state index in [0.29, 0.717) is 12.1 Å². The fourth-order valence-corrected chi connectivity index (χ4v) is 2.17. The fourth-order valence-electron chi connectivity index (χ4n) is 2.17. The molecule has 20 heavy (non-hydrogen) atoms. The number of aryl methyl sites for hydroxylation is 2. The smallest absolute Gasteiger partial charge is 0.272 e. The zero-order chi connectivity index (χ0) is 14.5. The first-order valence-corrected chi connectivity index (χ1v) is 6.73. The van der Waals surface area contributed by atoms with Gasteiger partial charge in [-0.15, -0.1) is 0 Å². The van der Waals surface area contributed by atoms with Crippen molar-refractivity contribution >= 4 is 11.4 Å². The van der Waals surface area contributed by atoms with Gasteiger partial charge in [0, 0.05) is 42.8 Å². The summed E-state index contributed by atoms with van der Waals surface area (Å²) in [6.45, 7) is 5.64. The molecule has 1 N–H and O–H groups in total. The Hall–Kier alpha value is -2.30. The van der Waals surface area contributed by atoms with Gasteiger partial charge in [0.1, 0.15) is 0 Å². The minimum atomic E-state index is -0.357. The molecule has 0 radical (unpaired) electrons. The number of aromatic nitrogens is 1. The molecule has 0 aliphatic carbocycles. The second kappa shape index (κ2) is 6.23. The number of rotatable bonds is 6. The number of nitrogens with one attached hydrogen (secondary N) is 1. The molecule has 5 heteroatoms. The highest BCUT2D eigenvalue weighted by atomic mass is 16.6. The third kappa shape index (κ3) is 3.38. The molecule has 1 heterocycles. The lowest BCUT2D eigenvalue weighted by atomic mass is 10.2. The van der Waals surface area contributed by atoms with Gasteiger partial charge in [-0.1, -0.05) is 6.92 Å². The van der Waals surface area contributed by atoms with Crippen LogP contribution in [0.4, 0.5) is 11.4 Å². The predicted molar refractivity (Wildman–Crippen MR) is 79.9 cm³/mol. The largest absolute Gasteiger partial charge is 0.381 e. The molecule has 0 fully saturated rings. The summed E-state index contributed by atoms with van der Waals surface area (Å²) in [5.41, 5.74) is 2.93. The van der Waals surface area contributed by atoms with Gasteiger partial charge >= 0.3 is 0 Å². The van der Waals surface area contributed by atoms with E-state index in [1.54, 1.807) is 25.1 Å². The Morgan fingerprint density at radius 2 is 2.15 bits per heavy atom. The maximum Gasteiger partial charge on any atom is 0.272 e. The standard InChI is InChI=1S/C15H19N3O2/c1-3-7-17-8-6-13(11-17)10-16-14-4-5-15(18(19)20)12(2)9-14/h4-6,8-9,11,16H,3,7,10H2,1-2H3. The van der Waals surface area contributed by atoms with Crippen LogP contribution in [0, 0.1) is 17.0 Å². The minimum absolute atomic E-state index is 0.157. The molecule has 0 bridgehead atoms. The maximum atomic E-state index is 10.8. The Kier molecular flexibility index (Phi) is 4.40. The summed E-state index contributed by atoms with van der Waals surface area (Å²) in [4.78, 5) is 10.4. The molecule has 1 aromatic heterocycles. The maximum absolute atomic E-state index is 10.8. The van der Waals surface area contributed by atoms with Gasteiger partial charge in [0.05, 0.1) is 4.92 Å². The zero-order valence-electron chi connectivity index (χ0n) is 11.8. The molecule has 0 amide bonds. The van der Waals surface area contributed by atoms with Gasteiger partial charge in [-0.2, -0.15) is 0 Å². The van der Waals surface area contributed by atoms with Crippen molar-refractivity contribution in [1.82, 2.24) is 4.57 Å².